The molecule has 3 aromatic rings. The maximum absolute atomic E-state index is 13.1. The largest absolute Gasteiger partial charge is 0.458 e. The van der Waals surface area contributed by atoms with Gasteiger partial charge in [0, 0.05) is 17.1 Å². The molecule has 1 atom stereocenters. The Balaban J connectivity index is 2.04. The van der Waals surface area contributed by atoms with Crippen LogP contribution in [0, 0.1) is 11.6 Å². The van der Waals surface area contributed by atoms with Gasteiger partial charge in [0.25, 0.3) is 0 Å². The van der Waals surface area contributed by atoms with Crippen molar-refractivity contribution in [3.8, 4) is 0 Å². The van der Waals surface area contributed by atoms with Gasteiger partial charge < -0.3 is 9.52 Å². The Morgan fingerprint density at radius 1 is 1.05 bits per heavy atom. The Labute approximate surface area is 107 Å². The van der Waals surface area contributed by atoms with E-state index in [1.54, 1.807) is 0 Å². The number of pyridine rings is 1. The zero-order chi connectivity index (χ0) is 13.4. The predicted octanol–water partition coefficient (Wildman–Crippen LogP) is 3.19. The number of furan rings is 1. The van der Waals surface area contributed by atoms with Gasteiger partial charge in [-0.25, -0.2) is 8.78 Å². The van der Waals surface area contributed by atoms with Crippen LogP contribution in [0.3, 0.4) is 0 Å². The molecule has 3 nitrogen and oxygen atoms in total. The predicted molar refractivity (Wildman–Crippen MR) is 64.4 cm³/mol. The second kappa shape index (κ2) is 4.44. The van der Waals surface area contributed by atoms with Gasteiger partial charge >= 0.3 is 0 Å². The smallest absolute Gasteiger partial charge is 0.141 e. The van der Waals surface area contributed by atoms with Crippen LogP contribution in [0.25, 0.3) is 11.0 Å². The Kier molecular flexibility index (Phi) is 2.76. The van der Waals surface area contributed by atoms with Crippen LogP contribution in [0.5, 0.6) is 0 Å². The van der Waals surface area contributed by atoms with Gasteiger partial charge in [-0.2, -0.15) is 0 Å². The van der Waals surface area contributed by atoms with Crippen LogP contribution in [0.4, 0.5) is 8.78 Å². The van der Waals surface area contributed by atoms with E-state index in [0.717, 1.165) is 6.20 Å². The molecule has 0 saturated heterocycles. The molecule has 0 aliphatic rings. The second-order valence-corrected chi connectivity index (χ2v) is 4.17. The molecule has 96 valence electrons. The summed E-state index contributed by atoms with van der Waals surface area (Å²) < 4.78 is 31.5. The Morgan fingerprint density at radius 2 is 1.89 bits per heavy atom. The van der Waals surface area contributed by atoms with Gasteiger partial charge in [0.2, 0.25) is 0 Å². The van der Waals surface area contributed by atoms with Crippen LogP contribution in [-0.2, 0) is 0 Å². The van der Waals surface area contributed by atoms with E-state index < -0.39 is 11.9 Å². The maximum Gasteiger partial charge on any atom is 0.141 e. The third kappa shape index (κ3) is 2.20. The van der Waals surface area contributed by atoms with Gasteiger partial charge in [-0.15, -0.1) is 0 Å². The third-order valence-corrected chi connectivity index (χ3v) is 2.81. The SMILES string of the molecule is OC(c1cncc(F)c1)c1cc2cc(F)ccc2o1. The first-order valence-electron chi connectivity index (χ1n) is 5.61. The van der Waals surface area contributed by atoms with E-state index in [1.165, 1.54) is 36.5 Å². The Morgan fingerprint density at radius 3 is 2.68 bits per heavy atom. The van der Waals surface area contributed by atoms with Crippen molar-refractivity contribution in [3.05, 3.63) is 65.7 Å². The van der Waals surface area contributed by atoms with Gasteiger partial charge in [-0.05, 0) is 30.3 Å². The second-order valence-electron chi connectivity index (χ2n) is 4.17. The minimum Gasteiger partial charge on any atom is -0.458 e. The summed E-state index contributed by atoms with van der Waals surface area (Å²) >= 11 is 0. The monoisotopic (exact) mass is 261 g/mol. The van der Waals surface area contributed by atoms with Crippen molar-refractivity contribution < 1.29 is 18.3 Å². The molecule has 1 unspecified atom stereocenters. The fourth-order valence-electron chi connectivity index (χ4n) is 1.91. The highest BCUT2D eigenvalue weighted by Crippen LogP contribution is 2.28. The fraction of sp³-hybridized carbons (Fsp3) is 0.0714. The number of aliphatic hydroxyl groups excluding tert-OH is 1. The van der Waals surface area contributed by atoms with E-state index in [4.69, 9.17) is 4.42 Å². The fourth-order valence-corrected chi connectivity index (χ4v) is 1.91. The average Bonchev–Trinajstić information content (AvgIpc) is 2.80. The number of benzene rings is 1. The molecule has 0 aliphatic heterocycles. The summed E-state index contributed by atoms with van der Waals surface area (Å²) in [5, 5.41) is 10.6. The molecule has 1 aromatic carbocycles. The highest BCUT2D eigenvalue weighted by atomic mass is 19.1. The minimum absolute atomic E-state index is 0.216. The van der Waals surface area contributed by atoms with Gasteiger partial charge in [0.1, 0.15) is 29.1 Å². The zero-order valence-electron chi connectivity index (χ0n) is 9.68. The van der Waals surface area contributed by atoms with E-state index in [2.05, 4.69) is 4.98 Å². The van der Waals surface area contributed by atoms with Crippen molar-refractivity contribution in [1.29, 1.82) is 0 Å². The molecular formula is C14H9F2NO2. The lowest BCUT2D eigenvalue weighted by Gasteiger charge is -2.06. The van der Waals surface area contributed by atoms with Crippen LogP contribution in [0.2, 0.25) is 0 Å². The number of aliphatic hydroxyl groups is 1. The van der Waals surface area contributed by atoms with Crippen molar-refractivity contribution in [2.24, 2.45) is 0 Å². The quantitative estimate of drug-likeness (QED) is 0.770. The normalized spacial score (nSPS) is 12.8. The summed E-state index contributed by atoms with van der Waals surface area (Å²) in [6.07, 6.45) is 1.25. The topological polar surface area (TPSA) is 46.3 Å². The van der Waals surface area contributed by atoms with Gasteiger partial charge in [0.05, 0.1) is 6.20 Å². The van der Waals surface area contributed by atoms with Crippen molar-refractivity contribution in [3.63, 3.8) is 0 Å². The van der Waals surface area contributed by atoms with Crippen LogP contribution < -0.4 is 0 Å². The van der Waals surface area contributed by atoms with Crippen LogP contribution in [0.1, 0.15) is 17.4 Å². The van der Waals surface area contributed by atoms with Crippen molar-refractivity contribution in [1.82, 2.24) is 4.98 Å². The Bertz CT molecular complexity index is 739. The lowest BCUT2D eigenvalue weighted by atomic mass is 10.1. The maximum atomic E-state index is 13.1. The summed E-state index contributed by atoms with van der Waals surface area (Å²) in [4.78, 5) is 3.66. The highest BCUT2D eigenvalue weighted by molar-refractivity contribution is 5.78. The van der Waals surface area contributed by atoms with Gasteiger partial charge in [0.15, 0.2) is 0 Å². The molecule has 0 fully saturated rings. The molecular weight excluding hydrogens is 252 g/mol. The zero-order valence-corrected chi connectivity index (χ0v) is 9.68. The standard InChI is InChI=1S/C14H9F2NO2/c15-10-1-2-12-8(3-10)5-13(19-12)14(18)9-4-11(16)7-17-6-9/h1-7,14,18H. The molecule has 19 heavy (non-hydrogen) atoms. The number of hydrogen-bond acceptors (Lipinski definition) is 3. The molecule has 2 aromatic heterocycles. The molecule has 0 bridgehead atoms. The van der Waals surface area contributed by atoms with Crippen molar-refractivity contribution in [2.45, 2.75) is 6.10 Å². The number of aromatic nitrogens is 1. The summed E-state index contributed by atoms with van der Waals surface area (Å²) in [5.74, 6) is -0.714. The highest BCUT2D eigenvalue weighted by Gasteiger charge is 2.16. The van der Waals surface area contributed by atoms with E-state index >= 15 is 0 Å². The number of hydrogen-bond donors (Lipinski definition) is 1. The van der Waals surface area contributed by atoms with Crippen LogP contribution >= 0.6 is 0 Å². The van der Waals surface area contributed by atoms with E-state index in [9.17, 15) is 13.9 Å². The number of halogens is 2. The lowest BCUT2D eigenvalue weighted by molar-refractivity contribution is 0.191. The molecule has 0 amide bonds. The van der Waals surface area contributed by atoms with Crippen molar-refractivity contribution in [2.75, 3.05) is 0 Å². The first kappa shape index (κ1) is 11.8. The molecule has 1 N–H and O–H groups in total. The first-order valence-corrected chi connectivity index (χ1v) is 5.61. The summed E-state index contributed by atoms with van der Waals surface area (Å²) in [5.41, 5.74) is 0.736. The molecule has 2 heterocycles. The lowest BCUT2D eigenvalue weighted by Crippen LogP contribution is -1.99. The van der Waals surface area contributed by atoms with Gasteiger partial charge in [-0.1, -0.05) is 0 Å². The third-order valence-electron chi connectivity index (χ3n) is 2.81. The Hall–Kier alpha value is -2.27. The molecule has 0 radical (unpaired) electrons. The van der Waals surface area contributed by atoms with Crippen LogP contribution in [-0.4, -0.2) is 10.1 Å². The number of rotatable bonds is 2. The van der Waals surface area contributed by atoms with Gasteiger partial charge in [-0.3, -0.25) is 4.98 Å². The molecule has 3 rings (SSSR count). The molecule has 5 heteroatoms. The minimum atomic E-state index is -1.14. The summed E-state index contributed by atoms with van der Waals surface area (Å²) in [6.45, 7) is 0. The summed E-state index contributed by atoms with van der Waals surface area (Å²) in [7, 11) is 0. The van der Waals surface area contributed by atoms with E-state index in [-0.39, 0.29) is 17.1 Å². The van der Waals surface area contributed by atoms with E-state index in [0.29, 0.717) is 11.0 Å². The number of fused-ring (bicyclic) bond motifs is 1. The summed E-state index contributed by atoms with van der Waals surface area (Å²) in [6, 6.07) is 6.74. The molecule has 0 aliphatic carbocycles. The molecule has 0 spiro atoms. The number of nitrogens with zero attached hydrogens (tertiary/aromatic N) is 1. The van der Waals surface area contributed by atoms with Crippen LogP contribution in [0.15, 0.2) is 47.1 Å². The average molecular weight is 261 g/mol. The van der Waals surface area contributed by atoms with Crippen molar-refractivity contribution >= 4 is 11.0 Å². The molecule has 0 saturated carbocycles. The van der Waals surface area contributed by atoms with E-state index in [1.807, 2.05) is 0 Å². The first-order chi connectivity index (χ1) is 9.13.